The first kappa shape index (κ1) is 21.6. The fraction of sp³-hybridized carbons (Fsp3) is 0.250. The molecule has 172 valence electrons. The molecule has 1 aliphatic rings. The number of furan rings is 1. The Hall–Kier alpha value is -3.90. The van der Waals surface area contributed by atoms with Crippen molar-refractivity contribution in [1.29, 1.82) is 5.26 Å². The molecule has 2 aromatic heterocycles. The second kappa shape index (κ2) is 8.40. The number of para-hydroxylation sites is 1. The highest BCUT2D eigenvalue weighted by atomic mass is 16.3. The van der Waals surface area contributed by atoms with Crippen molar-refractivity contribution in [2.24, 2.45) is 5.92 Å². The number of nitrogens with zero attached hydrogens (tertiary/aromatic N) is 2. The van der Waals surface area contributed by atoms with E-state index in [-0.39, 0.29) is 5.41 Å². The van der Waals surface area contributed by atoms with Gasteiger partial charge in [0.2, 0.25) is 0 Å². The highest BCUT2D eigenvalue weighted by molar-refractivity contribution is 6.15. The van der Waals surface area contributed by atoms with Crippen molar-refractivity contribution in [3.63, 3.8) is 0 Å². The van der Waals surface area contributed by atoms with Gasteiger partial charge in [0, 0.05) is 28.1 Å². The summed E-state index contributed by atoms with van der Waals surface area (Å²) in [6.45, 7) is 4.73. The van der Waals surface area contributed by atoms with Gasteiger partial charge in [-0.3, -0.25) is 4.98 Å². The second-order valence-electron chi connectivity index (χ2n) is 10.3. The highest BCUT2D eigenvalue weighted by Crippen LogP contribution is 2.44. The molecule has 3 aromatic carbocycles. The van der Waals surface area contributed by atoms with E-state index in [1.165, 1.54) is 31.2 Å². The van der Waals surface area contributed by atoms with E-state index in [0.29, 0.717) is 11.5 Å². The van der Waals surface area contributed by atoms with E-state index < -0.39 is 0 Å². The molecule has 3 heteroatoms. The lowest BCUT2D eigenvalue weighted by molar-refractivity contribution is 0.325. The molecule has 0 aliphatic heterocycles. The van der Waals surface area contributed by atoms with Crippen LogP contribution in [0.1, 0.15) is 50.7 Å². The van der Waals surface area contributed by atoms with Crippen LogP contribution >= 0.6 is 0 Å². The fourth-order valence-corrected chi connectivity index (χ4v) is 5.90. The first-order chi connectivity index (χ1) is 17.1. The number of hydrogen-bond donors (Lipinski definition) is 0. The number of benzene rings is 3. The minimum atomic E-state index is 0.0915. The zero-order valence-corrected chi connectivity index (χ0v) is 20.2. The monoisotopic (exact) mass is 456 g/mol. The van der Waals surface area contributed by atoms with Gasteiger partial charge in [0.15, 0.2) is 0 Å². The predicted molar refractivity (Wildman–Crippen MR) is 142 cm³/mol. The third kappa shape index (κ3) is 3.53. The summed E-state index contributed by atoms with van der Waals surface area (Å²) in [6, 6.07) is 27.1. The summed E-state index contributed by atoms with van der Waals surface area (Å²) in [7, 11) is 0. The van der Waals surface area contributed by atoms with Crippen LogP contribution < -0.4 is 0 Å². The predicted octanol–water partition coefficient (Wildman–Crippen LogP) is 8.65. The summed E-state index contributed by atoms with van der Waals surface area (Å²) in [5.74, 6) is 0.693. The Balaban J connectivity index is 1.57. The minimum Gasteiger partial charge on any atom is -0.455 e. The van der Waals surface area contributed by atoms with Gasteiger partial charge in [-0.2, -0.15) is 5.26 Å². The van der Waals surface area contributed by atoms with E-state index >= 15 is 0 Å². The summed E-state index contributed by atoms with van der Waals surface area (Å²) >= 11 is 0. The second-order valence-corrected chi connectivity index (χ2v) is 10.3. The topological polar surface area (TPSA) is 49.8 Å². The van der Waals surface area contributed by atoms with Crippen LogP contribution in [-0.4, -0.2) is 4.98 Å². The van der Waals surface area contributed by atoms with Crippen molar-refractivity contribution in [2.75, 3.05) is 0 Å². The molecule has 1 fully saturated rings. The number of fused-ring (bicyclic) bond motifs is 3. The molecule has 35 heavy (non-hydrogen) atoms. The van der Waals surface area contributed by atoms with Crippen molar-refractivity contribution < 1.29 is 4.42 Å². The SMILES string of the molecule is CC(C)(c1ccnc(-c2ccc(C#N)c3c2oc2c(-c4ccccc4)cccc23)c1)C1CCCC1. The Morgan fingerprint density at radius 1 is 0.886 bits per heavy atom. The van der Waals surface area contributed by atoms with Crippen LogP contribution in [0.15, 0.2) is 83.4 Å². The normalized spacial score (nSPS) is 14.5. The molecule has 5 aromatic rings. The Labute approximate surface area is 206 Å². The maximum atomic E-state index is 9.93. The molecule has 2 heterocycles. The molecule has 0 bridgehead atoms. The largest absolute Gasteiger partial charge is 0.455 e. The lowest BCUT2D eigenvalue weighted by Crippen LogP contribution is -2.26. The van der Waals surface area contributed by atoms with E-state index in [1.54, 1.807) is 0 Å². The third-order valence-corrected chi connectivity index (χ3v) is 8.01. The van der Waals surface area contributed by atoms with Gasteiger partial charge in [-0.15, -0.1) is 0 Å². The number of nitriles is 1. The molecule has 1 saturated carbocycles. The molecule has 0 saturated heterocycles. The fourth-order valence-electron chi connectivity index (χ4n) is 5.90. The number of pyridine rings is 1. The van der Waals surface area contributed by atoms with Crippen LogP contribution in [0.25, 0.3) is 44.3 Å². The minimum absolute atomic E-state index is 0.0915. The zero-order valence-electron chi connectivity index (χ0n) is 20.2. The number of hydrogen-bond acceptors (Lipinski definition) is 3. The van der Waals surface area contributed by atoms with E-state index in [1.807, 2.05) is 48.7 Å². The van der Waals surface area contributed by atoms with Gasteiger partial charge in [-0.05, 0) is 59.6 Å². The van der Waals surface area contributed by atoms with Crippen molar-refractivity contribution in [1.82, 2.24) is 4.98 Å². The van der Waals surface area contributed by atoms with Gasteiger partial charge >= 0.3 is 0 Å². The summed E-state index contributed by atoms with van der Waals surface area (Å²) in [5.41, 5.74) is 7.50. The van der Waals surface area contributed by atoms with Gasteiger partial charge in [-0.25, -0.2) is 0 Å². The maximum absolute atomic E-state index is 9.93. The summed E-state index contributed by atoms with van der Waals surface area (Å²) in [4.78, 5) is 4.76. The lowest BCUT2D eigenvalue weighted by Gasteiger charge is -2.32. The third-order valence-electron chi connectivity index (χ3n) is 8.01. The molecule has 3 nitrogen and oxygen atoms in total. The summed E-state index contributed by atoms with van der Waals surface area (Å²) < 4.78 is 6.60. The average Bonchev–Trinajstić information content (AvgIpc) is 3.58. The Morgan fingerprint density at radius 3 is 2.46 bits per heavy atom. The molecule has 0 amide bonds. The average molecular weight is 457 g/mol. The molecular weight excluding hydrogens is 428 g/mol. The van der Waals surface area contributed by atoms with E-state index in [0.717, 1.165) is 44.3 Å². The molecule has 0 N–H and O–H groups in total. The summed E-state index contributed by atoms with van der Waals surface area (Å²) in [6.07, 6.45) is 7.15. The van der Waals surface area contributed by atoms with Crippen molar-refractivity contribution in [2.45, 2.75) is 44.9 Å². The smallest absolute Gasteiger partial charge is 0.146 e. The van der Waals surface area contributed by atoms with Crippen LogP contribution in [-0.2, 0) is 5.41 Å². The van der Waals surface area contributed by atoms with Gasteiger partial charge in [0.25, 0.3) is 0 Å². The van der Waals surface area contributed by atoms with Crippen molar-refractivity contribution in [3.05, 3.63) is 90.1 Å². The van der Waals surface area contributed by atoms with Crippen molar-refractivity contribution in [3.8, 4) is 28.5 Å². The molecule has 0 atom stereocenters. The Morgan fingerprint density at radius 2 is 1.69 bits per heavy atom. The van der Waals surface area contributed by atoms with E-state index in [9.17, 15) is 5.26 Å². The number of rotatable bonds is 4. The molecule has 0 unspecified atom stereocenters. The van der Waals surface area contributed by atoms with Crippen LogP contribution in [0, 0.1) is 17.2 Å². The molecule has 0 spiro atoms. The standard InChI is InChI=1S/C32H28N2O/c1-32(2,23-11-6-7-12-23)24-17-18-34-28(19-24)26-16-15-22(20-33)29-27-14-8-13-25(30(27)35-31(26)29)21-9-4-3-5-10-21/h3-5,8-10,13-19,23H,6-7,11-12H2,1-2H3. The molecule has 1 aliphatic carbocycles. The van der Waals surface area contributed by atoms with Crippen LogP contribution in [0.2, 0.25) is 0 Å². The van der Waals surface area contributed by atoms with Gasteiger partial charge in [0.1, 0.15) is 11.2 Å². The molecule has 6 rings (SSSR count). The van der Waals surface area contributed by atoms with Crippen LogP contribution in [0.5, 0.6) is 0 Å². The highest BCUT2D eigenvalue weighted by Gasteiger charge is 2.33. The molecular formula is C32H28N2O. The zero-order chi connectivity index (χ0) is 24.0. The first-order valence-corrected chi connectivity index (χ1v) is 12.5. The Kier molecular flexibility index (Phi) is 5.19. The summed E-state index contributed by atoms with van der Waals surface area (Å²) in [5, 5.41) is 11.7. The van der Waals surface area contributed by atoms with Gasteiger partial charge in [-0.1, -0.05) is 75.2 Å². The van der Waals surface area contributed by atoms with Gasteiger partial charge < -0.3 is 4.42 Å². The Bertz CT molecular complexity index is 1580. The van der Waals surface area contributed by atoms with E-state index in [2.05, 4.69) is 50.2 Å². The van der Waals surface area contributed by atoms with Gasteiger partial charge in [0.05, 0.1) is 17.3 Å². The first-order valence-electron chi connectivity index (χ1n) is 12.5. The van der Waals surface area contributed by atoms with Crippen LogP contribution in [0.4, 0.5) is 0 Å². The number of aromatic nitrogens is 1. The molecule has 0 radical (unpaired) electrons. The van der Waals surface area contributed by atoms with Crippen molar-refractivity contribution >= 4 is 21.9 Å². The van der Waals surface area contributed by atoms with Crippen LogP contribution in [0.3, 0.4) is 0 Å². The lowest BCUT2D eigenvalue weighted by atomic mass is 9.72. The maximum Gasteiger partial charge on any atom is 0.146 e. The quantitative estimate of drug-likeness (QED) is 0.272. The van der Waals surface area contributed by atoms with E-state index in [4.69, 9.17) is 9.40 Å².